The third-order valence-electron chi connectivity index (χ3n) is 9.75. The van der Waals surface area contributed by atoms with Gasteiger partial charge in [-0.05, 0) is 128 Å². The highest BCUT2D eigenvalue weighted by Gasteiger charge is 2.32. The lowest BCUT2D eigenvalue weighted by molar-refractivity contribution is 1.25. The minimum atomic E-state index is 1.15. The van der Waals surface area contributed by atoms with Crippen LogP contribution >= 0.6 is 0 Å². The van der Waals surface area contributed by atoms with Crippen LogP contribution in [-0.4, -0.2) is 0 Å². The maximum absolute atomic E-state index is 2.43. The standard InChI is InChI=1S/C46H33N/c1-30-21-24-36(25-22-30)47(42-20-12-9-13-31(42)2)37-26-23-34-28-40-41(29-35(34)27-37)46-44(33-16-7-4-8-17-33)39-19-11-10-18-38(39)43(45(40)46)32-14-5-3-6-15-32/h3-29H,1-2H3. The van der Waals surface area contributed by atoms with Crippen LogP contribution in [-0.2, 0) is 0 Å². The van der Waals surface area contributed by atoms with E-state index in [1.807, 2.05) is 0 Å². The van der Waals surface area contributed by atoms with Crippen LogP contribution in [0.25, 0.3) is 66.1 Å². The van der Waals surface area contributed by atoms with E-state index in [1.165, 1.54) is 82.9 Å². The second-order valence-electron chi connectivity index (χ2n) is 12.7. The molecule has 0 aliphatic heterocycles. The Morgan fingerprint density at radius 3 is 1.49 bits per heavy atom. The van der Waals surface area contributed by atoms with Crippen LogP contribution in [0, 0.1) is 13.8 Å². The SMILES string of the molecule is Cc1ccc(N(c2ccc3cc4c(cc3c2)-c2c-4c(-c3ccccc3)c3ccccc3c2-c2ccccc2)c2ccccc2C)cc1. The van der Waals surface area contributed by atoms with Gasteiger partial charge in [0.05, 0.1) is 0 Å². The van der Waals surface area contributed by atoms with E-state index in [4.69, 9.17) is 0 Å². The fourth-order valence-electron chi connectivity index (χ4n) is 7.50. The summed E-state index contributed by atoms with van der Waals surface area (Å²) in [7, 11) is 0. The quantitative estimate of drug-likeness (QED) is 0.190. The van der Waals surface area contributed by atoms with Crippen LogP contribution in [0.2, 0.25) is 0 Å². The van der Waals surface area contributed by atoms with Crippen molar-refractivity contribution in [3.8, 4) is 44.5 Å². The molecule has 0 radical (unpaired) electrons. The lowest BCUT2D eigenvalue weighted by Gasteiger charge is -2.33. The first-order valence-electron chi connectivity index (χ1n) is 16.4. The number of hydrogen-bond acceptors (Lipinski definition) is 1. The number of benzene rings is 8. The molecule has 47 heavy (non-hydrogen) atoms. The molecule has 0 unspecified atom stereocenters. The summed E-state index contributed by atoms with van der Waals surface area (Å²) in [6.07, 6.45) is 0. The highest BCUT2D eigenvalue weighted by atomic mass is 15.1. The molecule has 0 spiro atoms. The number of anilines is 3. The van der Waals surface area contributed by atoms with Gasteiger partial charge in [-0.1, -0.05) is 127 Å². The van der Waals surface area contributed by atoms with E-state index >= 15 is 0 Å². The first-order chi connectivity index (χ1) is 23.2. The summed E-state index contributed by atoms with van der Waals surface area (Å²) in [5.41, 5.74) is 16.5. The Morgan fingerprint density at radius 2 is 0.894 bits per heavy atom. The molecule has 0 aromatic heterocycles. The first-order valence-corrected chi connectivity index (χ1v) is 16.4. The molecule has 0 bridgehead atoms. The maximum Gasteiger partial charge on any atom is 0.0490 e. The predicted molar refractivity (Wildman–Crippen MR) is 201 cm³/mol. The molecule has 0 N–H and O–H groups in total. The zero-order chi connectivity index (χ0) is 31.5. The highest BCUT2D eigenvalue weighted by Crippen LogP contribution is 2.59. The second kappa shape index (κ2) is 10.9. The monoisotopic (exact) mass is 599 g/mol. The smallest absolute Gasteiger partial charge is 0.0490 e. The Morgan fingerprint density at radius 1 is 0.383 bits per heavy atom. The minimum Gasteiger partial charge on any atom is -0.310 e. The van der Waals surface area contributed by atoms with Gasteiger partial charge in [-0.2, -0.15) is 0 Å². The topological polar surface area (TPSA) is 3.24 Å². The molecule has 8 aromatic rings. The summed E-state index contributed by atoms with van der Waals surface area (Å²) in [6, 6.07) is 60.0. The summed E-state index contributed by atoms with van der Waals surface area (Å²) in [5.74, 6) is 0. The molecule has 0 amide bonds. The molecule has 0 fully saturated rings. The van der Waals surface area contributed by atoms with Gasteiger partial charge >= 0.3 is 0 Å². The number of fused-ring (bicyclic) bond motifs is 6. The van der Waals surface area contributed by atoms with Gasteiger partial charge in [-0.15, -0.1) is 0 Å². The van der Waals surface area contributed by atoms with E-state index in [0.29, 0.717) is 0 Å². The van der Waals surface area contributed by atoms with Gasteiger partial charge in [0, 0.05) is 17.1 Å². The summed E-state index contributed by atoms with van der Waals surface area (Å²) in [5, 5.41) is 5.08. The summed E-state index contributed by atoms with van der Waals surface area (Å²) >= 11 is 0. The van der Waals surface area contributed by atoms with Crippen LogP contribution in [0.1, 0.15) is 11.1 Å². The fraction of sp³-hybridized carbons (Fsp3) is 0.0435. The number of aryl methyl sites for hydroxylation is 2. The van der Waals surface area contributed by atoms with Crippen LogP contribution < -0.4 is 4.90 Å². The molecule has 1 nitrogen and oxygen atoms in total. The molecule has 0 saturated heterocycles. The molecule has 8 aromatic carbocycles. The lowest BCUT2D eigenvalue weighted by atomic mass is 9.70. The first kappa shape index (κ1) is 27.4. The normalized spacial score (nSPS) is 11.6. The summed E-state index contributed by atoms with van der Waals surface area (Å²) in [6.45, 7) is 4.33. The zero-order valence-electron chi connectivity index (χ0n) is 26.5. The van der Waals surface area contributed by atoms with Crippen molar-refractivity contribution >= 4 is 38.6 Å². The van der Waals surface area contributed by atoms with E-state index < -0.39 is 0 Å². The van der Waals surface area contributed by atoms with Crippen LogP contribution in [0.3, 0.4) is 0 Å². The van der Waals surface area contributed by atoms with Crippen LogP contribution in [0.15, 0.2) is 164 Å². The Kier molecular flexibility index (Phi) is 6.33. The Bertz CT molecular complexity index is 2460. The van der Waals surface area contributed by atoms with Crippen LogP contribution in [0.5, 0.6) is 0 Å². The average molecular weight is 600 g/mol. The van der Waals surface area contributed by atoms with Crippen molar-refractivity contribution in [3.05, 3.63) is 175 Å². The van der Waals surface area contributed by atoms with Crippen molar-refractivity contribution in [1.82, 2.24) is 0 Å². The highest BCUT2D eigenvalue weighted by molar-refractivity contribution is 6.26. The Labute approximate surface area is 276 Å². The van der Waals surface area contributed by atoms with Gasteiger partial charge < -0.3 is 4.90 Å². The molecule has 0 atom stereocenters. The van der Waals surface area contributed by atoms with E-state index in [9.17, 15) is 0 Å². The predicted octanol–water partition coefficient (Wildman–Crippen LogP) is 13.1. The molecule has 0 heterocycles. The number of hydrogen-bond donors (Lipinski definition) is 0. The van der Waals surface area contributed by atoms with Crippen LogP contribution in [0.4, 0.5) is 17.1 Å². The fourth-order valence-corrected chi connectivity index (χ4v) is 7.50. The third-order valence-corrected chi connectivity index (χ3v) is 9.75. The van der Waals surface area contributed by atoms with Crippen molar-refractivity contribution in [1.29, 1.82) is 0 Å². The summed E-state index contributed by atoms with van der Waals surface area (Å²) < 4.78 is 0. The molecule has 9 rings (SSSR count). The van der Waals surface area contributed by atoms with E-state index in [1.54, 1.807) is 0 Å². The minimum absolute atomic E-state index is 1.15. The van der Waals surface area contributed by atoms with Crippen molar-refractivity contribution in [3.63, 3.8) is 0 Å². The van der Waals surface area contributed by atoms with Gasteiger partial charge in [-0.3, -0.25) is 0 Å². The van der Waals surface area contributed by atoms with Crippen molar-refractivity contribution in [2.45, 2.75) is 13.8 Å². The molecule has 1 aliphatic rings. The Hall–Kier alpha value is -5.92. The van der Waals surface area contributed by atoms with Crippen molar-refractivity contribution in [2.24, 2.45) is 0 Å². The van der Waals surface area contributed by atoms with Gasteiger partial charge in [0.25, 0.3) is 0 Å². The number of nitrogens with zero attached hydrogens (tertiary/aromatic N) is 1. The molecular formula is C46H33N. The molecular weight excluding hydrogens is 567 g/mol. The largest absolute Gasteiger partial charge is 0.310 e. The van der Waals surface area contributed by atoms with Gasteiger partial charge in [0.15, 0.2) is 0 Å². The van der Waals surface area contributed by atoms with Crippen molar-refractivity contribution < 1.29 is 0 Å². The third kappa shape index (κ3) is 4.39. The molecule has 222 valence electrons. The average Bonchev–Trinajstić information content (AvgIpc) is 3.12. The summed E-state index contributed by atoms with van der Waals surface area (Å²) in [4.78, 5) is 2.39. The van der Waals surface area contributed by atoms with Gasteiger partial charge in [0.1, 0.15) is 0 Å². The van der Waals surface area contributed by atoms with Gasteiger partial charge in [-0.25, -0.2) is 0 Å². The van der Waals surface area contributed by atoms with E-state index in [2.05, 4.69) is 183 Å². The lowest BCUT2D eigenvalue weighted by Crippen LogP contribution is -2.11. The van der Waals surface area contributed by atoms with Crippen molar-refractivity contribution in [2.75, 3.05) is 4.90 Å². The van der Waals surface area contributed by atoms with E-state index in [-0.39, 0.29) is 0 Å². The zero-order valence-corrected chi connectivity index (χ0v) is 26.5. The Balaban J connectivity index is 1.30. The number of para-hydroxylation sites is 1. The van der Waals surface area contributed by atoms with Gasteiger partial charge in [0.2, 0.25) is 0 Å². The second-order valence-corrected chi connectivity index (χ2v) is 12.7. The van der Waals surface area contributed by atoms with E-state index in [0.717, 1.165) is 11.4 Å². The molecule has 1 heteroatoms. The molecule has 0 saturated carbocycles. The molecule has 1 aliphatic carbocycles. The number of rotatable bonds is 5. The maximum atomic E-state index is 2.43.